The highest BCUT2D eigenvalue weighted by atomic mass is 16.5. The molecule has 1 heterocycles. The molecular formula is C13H13NO3. The molecule has 0 unspecified atom stereocenters. The predicted molar refractivity (Wildman–Crippen MR) is 64.4 cm³/mol. The van der Waals surface area contributed by atoms with Crippen LogP contribution in [0.4, 0.5) is 0 Å². The van der Waals surface area contributed by atoms with Crippen LogP contribution in [0.25, 0.3) is 10.9 Å². The largest absolute Gasteiger partial charge is 0.494 e. The Balaban J connectivity index is 2.83. The fraction of sp³-hybridized carbons (Fsp3) is 0.231. The summed E-state index contributed by atoms with van der Waals surface area (Å²) in [5, 5.41) is 0.777. The molecule has 0 N–H and O–H groups in total. The van der Waals surface area contributed by atoms with Crippen LogP contribution in [0.5, 0.6) is 5.75 Å². The Morgan fingerprint density at radius 1 is 1.24 bits per heavy atom. The van der Waals surface area contributed by atoms with Gasteiger partial charge in [-0.3, -0.25) is 4.98 Å². The molecule has 0 bridgehead atoms. The molecule has 0 amide bonds. The highest BCUT2D eigenvalue weighted by Crippen LogP contribution is 2.29. The topological polar surface area (TPSA) is 48.4 Å². The van der Waals surface area contributed by atoms with Crippen molar-refractivity contribution in [1.82, 2.24) is 4.98 Å². The molecule has 0 radical (unpaired) electrons. The molecule has 0 aliphatic carbocycles. The van der Waals surface area contributed by atoms with Gasteiger partial charge in [0.2, 0.25) is 0 Å². The molecule has 17 heavy (non-hydrogen) atoms. The second-order valence-corrected chi connectivity index (χ2v) is 3.66. The van der Waals surface area contributed by atoms with E-state index in [0.29, 0.717) is 16.8 Å². The van der Waals surface area contributed by atoms with Crippen molar-refractivity contribution in [1.29, 1.82) is 0 Å². The quantitative estimate of drug-likeness (QED) is 0.744. The van der Waals surface area contributed by atoms with E-state index in [0.717, 1.165) is 10.9 Å². The minimum atomic E-state index is -0.367. The Morgan fingerprint density at radius 3 is 2.65 bits per heavy atom. The van der Waals surface area contributed by atoms with Gasteiger partial charge in [0.1, 0.15) is 11.3 Å². The van der Waals surface area contributed by atoms with Gasteiger partial charge in [-0.2, -0.15) is 0 Å². The smallest absolute Gasteiger partial charge is 0.338 e. The Kier molecular flexibility index (Phi) is 2.95. The van der Waals surface area contributed by atoms with Crippen LogP contribution in [-0.2, 0) is 4.74 Å². The molecular weight excluding hydrogens is 218 g/mol. The van der Waals surface area contributed by atoms with Crippen molar-refractivity contribution in [3.8, 4) is 5.75 Å². The number of aromatic nitrogens is 1. The maximum atomic E-state index is 11.7. The van der Waals surface area contributed by atoms with E-state index in [9.17, 15) is 4.79 Å². The molecule has 0 atom stereocenters. The van der Waals surface area contributed by atoms with Gasteiger partial charge in [0.05, 0.1) is 19.8 Å². The van der Waals surface area contributed by atoms with E-state index in [2.05, 4.69) is 4.98 Å². The first-order valence-electron chi connectivity index (χ1n) is 5.19. The van der Waals surface area contributed by atoms with Crippen LogP contribution in [0.15, 0.2) is 24.4 Å². The molecule has 0 saturated carbocycles. The number of hydrogen-bond donors (Lipinski definition) is 0. The summed E-state index contributed by atoms with van der Waals surface area (Å²) in [5.41, 5.74) is 2.15. The zero-order valence-corrected chi connectivity index (χ0v) is 9.98. The Morgan fingerprint density at radius 2 is 2.00 bits per heavy atom. The molecule has 4 nitrogen and oxygen atoms in total. The van der Waals surface area contributed by atoms with Crippen LogP contribution >= 0.6 is 0 Å². The average Bonchev–Trinajstić information content (AvgIpc) is 2.38. The van der Waals surface area contributed by atoms with Crippen LogP contribution in [-0.4, -0.2) is 25.2 Å². The molecule has 88 valence electrons. The Bertz CT molecular complexity index is 578. The third-order valence-electron chi connectivity index (χ3n) is 2.69. The van der Waals surface area contributed by atoms with E-state index in [4.69, 9.17) is 9.47 Å². The zero-order valence-electron chi connectivity index (χ0n) is 9.98. The van der Waals surface area contributed by atoms with Gasteiger partial charge in [-0.1, -0.05) is 6.07 Å². The van der Waals surface area contributed by atoms with Gasteiger partial charge in [0.25, 0.3) is 0 Å². The Labute approximate surface area is 99.2 Å². The highest BCUT2D eigenvalue weighted by Gasteiger charge is 2.15. The lowest BCUT2D eigenvalue weighted by atomic mass is 10.0. The minimum absolute atomic E-state index is 0.367. The number of ether oxygens (including phenoxy) is 2. The second kappa shape index (κ2) is 4.41. The number of carbonyl (C=O) groups is 1. The van der Waals surface area contributed by atoms with Gasteiger partial charge in [-0.15, -0.1) is 0 Å². The number of methoxy groups -OCH3 is 2. The number of rotatable bonds is 2. The van der Waals surface area contributed by atoms with Crippen LogP contribution in [0.2, 0.25) is 0 Å². The molecule has 1 aromatic carbocycles. The predicted octanol–water partition coefficient (Wildman–Crippen LogP) is 2.34. The summed E-state index contributed by atoms with van der Waals surface area (Å²) in [5.74, 6) is 0.283. The average molecular weight is 231 g/mol. The highest BCUT2D eigenvalue weighted by molar-refractivity contribution is 6.06. The van der Waals surface area contributed by atoms with Crippen LogP contribution < -0.4 is 4.74 Å². The van der Waals surface area contributed by atoms with Crippen LogP contribution in [0, 0.1) is 6.92 Å². The van der Waals surface area contributed by atoms with E-state index in [1.165, 1.54) is 7.11 Å². The van der Waals surface area contributed by atoms with Gasteiger partial charge >= 0.3 is 5.97 Å². The number of fused-ring (bicyclic) bond motifs is 1. The number of esters is 1. The van der Waals surface area contributed by atoms with Crippen molar-refractivity contribution in [2.75, 3.05) is 14.2 Å². The van der Waals surface area contributed by atoms with Gasteiger partial charge in [0, 0.05) is 11.6 Å². The van der Waals surface area contributed by atoms with Crippen molar-refractivity contribution < 1.29 is 14.3 Å². The fourth-order valence-corrected chi connectivity index (χ4v) is 1.86. The van der Waals surface area contributed by atoms with Gasteiger partial charge < -0.3 is 9.47 Å². The first-order valence-corrected chi connectivity index (χ1v) is 5.19. The van der Waals surface area contributed by atoms with Crippen molar-refractivity contribution in [2.45, 2.75) is 6.92 Å². The lowest BCUT2D eigenvalue weighted by Gasteiger charge is -2.10. The number of carbonyl (C=O) groups excluding carboxylic acids is 1. The fourth-order valence-electron chi connectivity index (χ4n) is 1.86. The lowest BCUT2D eigenvalue weighted by Crippen LogP contribution is -2.04. The van der Waals surface area contributed by atoms with E-state index in [1.54, 1.807) is 19.4 Å². The number of nitrogens with zero attached hydrogens (tertiary/aromatic N) is 1. The van der Waals surface area contributed by atoms with Crippen molar-refractivity contribution in [3.63, 3.8) is 0 Å². The molecule has 0 saturated heterocycles. The molecule has 1 aromatic heterocycles. The standard InChI is InChI=1S/C13H13NO3/c1-8-4-5-10(16-2)12-11(8)9(6-7-14-12)13(15)17-3/h4-7H,1-3H3. The number of benzene rings is 1. The third kappa shape index (κ3) is 1.82. The van der Waals surface area contributed by atoms with Gasteiger partial charge in [-0.05, 0) is 24.6 Å². The van der Waals surface area contributed by atoms with Crippen molar-refractivity contribution in [2.24, 2.45) is 0 Å². The van der Waals surface area contributed by atoms with Gasteiger partial charge in [-0.25, -0.2) is 4.79 Å². The molecule has 2 aromatic rings. The van der Waals surface area contributed by atoms with E-state index in [1.807, 2.05) is 19.1 Å². The first-order chi connectivity index (χ1) is 8.19. The first kappa shape index (κ1) is 11.4. The van der Waals surface area contributed by atoms with Crippen LogP contribution in [0.3, 0.4) is 0 Å². The third-order valence-corrected chi connectivity index (χ3v) is 2.69. The molecule has 0 fully saturated rings. The summed E-state index contributed by atoms with van der Waals surface area (Å²) >= 11 is 0. The van der Waals surface area contributed by atoms with Gasteiger partial charge in [0.15, 0.2) is 0 Å². The summed E-state index contributed by atoms with van der Waals surface area (Å²) in [6.07, 6.45) is 1.58. The minimum Gasteiger partial charge on any atom is -0.494 e. The maximum absolute atomic E-state index is 11.7. The molecule has 0 aliphatic heterocycles. The van der Waals surface area contributed by atoms with E-state index >= 15 is 0 Å². The Hall–Kier alpha value is -2.10. The maximum Gasteiger partial charge on any atom is 0.338 e. The number of aryl methyl sites for hydroxylation is 1. The van der Waals surface area contributed by atoms with E-state index < -0.39 is 0 Å². The molecule has 0 aliphatic rings. The van der Waals surface area contributed by atoms with Crippen molar-refractivity contribution >= 4 is 16.9 Å². The van der Waals surface area contributed by atoms with Crippen molar-refractivity contribution in [3.05, 3.63) is 35.5 Å². The lowest BCUT2D eigenvalue weighted by molar-refractivity contribution is 0.0603. The normalized spacial score (nSPS) is 10.3. The zero-order chi connectivity index (χ0) is 12.4. The van der Waals surface area contributed by atoms with E-state index in [-0.39, 0.29) is 5.97 Å². The molecule has 0 spiro atoms. The second-order valence-electron chi connectivity index (χ2n) is 3.66. The van der Waals surface area contributed by atoms with Crippen LogP contribution in [0.1, 0.15) is 15.9 Å². The molecule has 2 rings (SSSR count). The summed E-state index contributed by atoms with van der Waals surface area (Å²) < 4.78 is 10.0. The molecule has 4 heteroatoms. The number of pyridine rings is 1. The summed E-state index contributed by atoms with van der Waals surface area (Å²) in [6, 6.07) is 5.39. The SMILES string of the molecule is COC(=O)c1ccnc2c(OC)ccc(C)c12. The summed E-state index contributed by atoms with van der Waals surface area (Å²) in [4.78, 5) is 15.9. The monoisotopic (exact) mass is 231 g/mol. The number of hydrogen-bond acceptors (Lipinski definition) is 4. The summed E-state index contributed by atoms with van der Waals surface area (Å²) in [6.45, 7) is 1.93. The summed E-state index contributed by atoms with van der Waals surface area (Å²) in [7, 11) is 2.95.